The van der Waals surface area contributed by atoms with Crippen LogP contribution in [-0.2, 0) is 5.41 Å². The number of nitrogens with zero attached hydrogens (tertiary/aromatic N) is 3. The predicted molar refractivity (Wildman–Crippen MR) is 386 cm³/mol. The molecule has 18 rings (SSSR count). The van der Waals surface area contributed by atoms with Gasteiger partial charge in [-0.25, -0.2) is 0 Å². The Morgan fingerprint density at radius 3 is 1.21 bits per heavy atom. The Hall–Kier alpha value is -10.2. The molecular weight excluding hydrogens is 1130 g/mol. The third-order valence-electron chi connectivity index (χ3n) is 20.1. The molecule has 4 heterocycles. The maximum atomic E-state index is 7.22. The standard InChI is InChI=1S/C83H65N3O2Si2/c1-50-22-17-30-62-64-32-20-38-72(81(64)87-79(50)62)84(52-40-44-54(45-41-52)89(3,4)5)74-48-68-76(59-27-11-9-24-56(59)74)77-60-28-12-10-25-57(60)75(49-69(77)83(68)66-34-14-16-37-71(66)86-70-36-15-13-26-58(70)61-29-19-35-67(83)78(61)86)85(53-42-46-55(47-43-53)90(6,7)8)73-39-21-33-65-63-31-18-23-51(2)80(63)88-82(65)73/h9-49H,1-8H3. The molecule has 0 saturated carbocycles. The van der Waals surface area contributed by atoms with Crippen molar-refractivity contribution in [2.45, 2.75) is 58.5 Å². The lowest BCUT2D eigenvalue weighted by atomic mass is 9.65. The average Bonchev–Trinajstić information content (AvgIpc) is 1.46. The van der Waals surface area contributed by atoms with E-state index in [9.17, 15) is 0 Å². The number of hydrogen-bond acceptors (Lipinski definition) is 4. The highest BCUT2D eigenvalue weighted by molar-refractivity contribution is 6.89. The van der Waals surface area contributed by atoms with E-state index in [1.807, 2.05) is 0 Å². The minimum atomic E-state index is -1.70. The molecular formula is C83H65N3O2Si2. The van der Waals surface area contributed by atoms with E-state index in [-0.39, 0.29) is 0 Å². The molecule has 1 spiro atoms. The molecule has 0 fully saturated rings. The first-order valence-electron chi connectivity index (χ1n) is 31.7. The lowest BCUT2D eigenvalue weighted by Crippen LogP contribution is -2.37. The molecule has 0 amide bonds. The van der Waals surface area contributed by atoms with Gasteiger partial charge in [0.05, 0.1) is 61.0 Å². The number of fused-ring (bicyclic) bond motifs is 22. The van der Waals surface area contributed by atoms with Crippen LogP contribution in [0.3, 0.4) is 0 Å². The molecule has 5 nitrogen and oxygen atoms in total. The van der Waals surface area contributed by atoms with Gasteiger partial charge in [0.15, 0.2) is 11.2 Å². The Balaban J connectivity index is 1.02. The molecule has 0 bridgehead atoms. The third kappa shape index (κ3) is 7.24. The van der Waals surface area contributed by atoms with Crippen molar-refractivity contribution in [2.24, 2.45) is 0 Å². The highest BCUT2D eigenvalue weighted by Crippen LogP contribution is 2.66. The van der Waals surface area contributed by atoms with Crippen molar-refractivity contribution in [1.29, 1.82) is 0 Å². The Labute approximate surface area is 525 Å². The zero-order valence-electron chi connectivity index (χ0n) is 51.8. The van der Waals surface area contributed by atoms with Crippen LogP contribution >= 0.6 is 0 Å². The number of aryl methyl sites for hydroxylation is 2. The summed E-state index contributed by atoms with van der Waals surface area (Å²) in [6.45, 7) is 18.9. The molecule has 16 aromatic rings. The van der Waals surface area contributed by atoms with E-state index >= 15 is 0 Å². The summed E-state index contributed by atoms with van der Waals surface area (Å²) in [7, 11) is -3.40. The second-order valence-electron chi connectivity index (χ2n) is 27.2. The normalized spacial score (nSPS) is 13.4. The van der Waals surface area contributed by atoms with Crippen molar-refractivity contribution in [3.05, 3.63) is 282 Å². The van der Waals surface area contributed by atoms with Crippen LogP contribution in [0.25, 0.3) is 104 Å². The predicted octanol–water partition coefficient (Wildman–Crippen LogP) is 22.2. The molecule has 1 aliphatic carbocycles. The summed E-state index contributed by atoms with van der Waals surface area (Å²) in [5.74, 6) is 0. The van der Waals surface area contributed by atoms with E-state index in [2.05, 4.69) is 316 Å². The molecule has 0 atom stereocenters. The zero-order valence-corrected chi connectivity index (χ0v) is 53.8. The van der Waals surface area contributed by atoms with Gasteiger partial charge in [-0.2, -0.15) is 0 Å². The van der Waals surface area contributed by atoms with Crippen LogP contribution in [0, 0.1) is 13.8 Å². The first-order valence-corrected chi connectivity index (χ1v) is 38.7. The Morgan fingerprint density at radius 1 is 0.322 bits per heavy atom. The molecule has 432 valence electrons. The van der Waals surface area contributed by atoms with Crippen molar-refractivity contribution in [2.75, 3.05) is 9.80 Å². The van der Waals surface area contributed by atoms with Crippen molar-refractivity contribution in [1.82, 2.24) is 4.57 Å². The van der Waals surface area contributed by atoms with Crippen LogP contribution in [0.15, 0.2) is 258 Å². The Kier molecular flexibility index (Phi) is 11.1. The maximum absolute atomic E-state index is 7.22. The first kappa shape index (κ1) is 52.9. The zero-order chi connectivity index (χ0) is 60.7. The molecule has 0 N–H and O–H groups in total. The number of anilines is 6. The summed E-state index contributed by atoms with van der Waals surface area (Å²) >= 11 is 0. The third-order valence-corrected chi connectivity index (χ3v) is 24.2. The summed E-state index contributed by atoms with van der Waals surface area (Å²) in [6.07, 6.45) is 0. The first-order chi connectivity index (χ1) is 43.8. The molecule has 0 radical (unpaired) electrons. The van der Waals surface area contributed by atoms with Gasteiger partial charge >= 0.3 is 0 Å². The summed E-state index contributed by atoms with van der Waals surface area (Å²) in [5, 5.41) is 14.4. The van der Waals surface area contributed by atoms with Gasteiger partial charge in [-0.3, -0.25) is 0 Å². The SMILES string of the molecule is Cc1cccc2c1oc1c(N(c3ccc([Si](C)(C)C)cc3)c3cc4c(c5ccccc35)-c3c(cc(N(c5ccc([Si](C)(C)C)cc5)c5cccc6c5oc5c(C)cccc56)c5ccccc35)C43c4ccccc4-n4c5ccccc5c5cccc3c54)cccc12. The van der Waals surface area contributed by atoms with Crippen LogP contribution in [0.2, 0.25) is 39.3 Å². The molecule has 7 heteroatoms. The second-order valence-corrected chi connectivity index (χ2v) is 37.4. The number of benzene rings is 13. The van der Waals surface area contributed by atoms with Crippen LogP contribution in [0.1, 0.15) is 33.4 Å². The topological polar surface area (TPSA) is 37.7 Å². The number of aromatic nitrogens is 1. The number of rotatable bonds is 8. The van der Waals surface area contributed by atoms with Gasteiger partial charge < -0.3 is 23.2 Å². The highest BCUT2D eigenvalue weighted by Gasteiger charge is 2.53. The summed E-state index contributed by atoms with van der Waals surface area (Å²) in [6, 6.07) is 94.5. The quantitative estimate of drug-likeness (QED) is 0.142. The Bertz CT molecular complexity index is 5460. The van der Waals surface area contributed by atoms with Gasteiger partial charge in [-0.15, -0.1) is 0 Å². The van der Waals surface area contributed by atoms with Crippen LogP contribution in [0.4, 0.5) is 34.1 Å². The van der Waals surface area contributed by atoms with E-state index in [0.717, 1.165) is 99.9 Å². The molecule has 3 aromatic heterocycles. The van der Waals surface area contributed by atoms with Crippen molar-refractivity contribution in [3.8, 4) is 16.8 Å². The lowest BCUT2D eigenvalue weighted by molar-refractivity contribution is 0.665. The van der Waals surface area contributed by atoms with Gasteiger partial charge in [-0.05, 0) is 130 Å². The molecule has 90 heavy (non-hydrogen) atoms. The second kappa shape index (κ2) is 18.9. The van der Waals surface area contributed by atoms with Crippen LogP contribution < -0.4 is 20.2 Å². The van der Waals surface area contributed by atoms with Gasteiger partial charge in [0, 0.05) is 54.5 Å². The fourth-order valence-electron chi connectivity index (χ4n) is 15.9. The van der Waals surface area contributed by atoms with E-state index in [4.69, 9.17) is 8.83 Å². The van der Waals surface area contributed by atoms with Crippen LogP contribution in [-0.4, -0.2) is 20.7 Å². The van der Waals surface area contributed by atoms with E-state index in [1.54, 1.807) is 0 Å². The number of furan rings is 2. The average molecular weight is 1190 g/mol. The summed E-state index contributed by atoms with van der Waals surface area (Å²) < 4.78 is 17.0. The van der Waals surface area contributed by atoms with E-state index < -0.39 is 21.6 Å². The smallest absolute Gasteiger partial charge is 0.159 e. The van der Waals surface area contributed by atoms with Crippen molar-refractivity contribution < 1.29 is 8.83 Å². The van der Waals surface area contributed by atoms with Gasteiger partial charge in [-0.1, -0.05) is 238 Å². The minimum absolute atomic E-state index is 0.860. The summed E-state index contributed by atoms with van der Waals surface area (Å²) in [4.78, 5) is 5.04. The Morgan fingerprint density at radius 2 is 0.711 bits per heavy atom. The fourth-order valence-corrected chi connectivity index (χ4v) is 18.3. The molecule has 2 aliphatic rings. The molecule has 13 aromatic carbocycles. The largest absolute Gasteiger partial charge is 0.454 e. The van der Waals surface area contributed by atoms with E-state index in [0.29, 0.717) is 0 Å². The summed E-state index contributed by atoms with van der Waals surface area (Å²) in [5.41, 5.74) is 22.2. The fraction of sp³-hybridized carbons (Fsp3) is 0.108. The number of para-hydroxylation sites is 7. The lowest BCUT2D eigenvalue weighted by Gasteiger charge is -2.40. The van der Waals surface area contributed by atoms with E-state index in [1.165, 1.54) is 82.0 Å². The minimum Gasteiger partial charge on any atom is -0.454 e. The van der Waals surface area contributed by atoms with Gasteiger partial charge in [0.1, 0.15) is 11.2 Å². The van der Waals surface area contributed by atoms with Crippen molar-refractivity contribution in [3.63, 3.8) is 0 Å². The highest BCUT2D eigenvalue weighted by atomic mass is 28.3. The maximum Gasteiger partial charge on any atom is 0.159 e. The monoisotopic (exact) mass is 1190 g/mol. The molecule has 1 aliphatic heterocycles. The molecule has 0 unspecified atom stereocenters. The molecule has 0 saturated heterocycles. The van der Waals surface area contributed by atoms with Crippen molar-refractivity contribution >= 4 is 148 Å². The van der Waals surface area contributed by atoms with Gasteiger partial charge in [0.2, 0.25) is 0 Å². The van der Waals surface area contributed by atoms with Crippen LogP contribution in [0.5, 0.6) is 0 Å². The number of hydrogen-bond donors (Lipinski definition) is 0. The van der Waals surface area contributed by atoms with Gasteiger partial charge in [0.25, 0.3) is 0 Å².